The number of rotatable bonds is 6. The highest BCUT2D eigenvalue weighted by Gasteiger charge is 2.24. The summed E-state index contributed by atoms with van der Waals surface area (Å²) in [5.41, 5.74) is 4.98. The Kier molecular flexibility index (Phi) is 4.54. The highest BCUT2D eigenvalue weighted by atomic mass is 16.4. The van der Waals surface area contributed by atoms with Crippen molar-refractivity contribution in [3.05, 3.63) is 71.1 Å². The maximum absolute atomic E-state index is 12.0. The Morgan fingerprint density at radius 1 is 1.17 bits per heavy atom. The number of H-pyrrole nitrogens is 1. The van der Waals surface area contributed by atoms with Crippen molar-refractivity contribution in [3.63, 3.8) is 0 Å². The lowest BCUT2D eigenvalue weighted by molar-refractivity contribution is -0.141. The van der Waals surface area contributed by atoms with E-state index in [1.54, 1.807) is 0 Å². The fourth-order valence-corrected chi connectivity index (χ4v) is 4.54. The topological polar surface area (TPSA) is 98.8 Å². The number of aryl methyl sites for hydroxylation is 2. The van der Waals surface area contributed by atoms with E-state index in [1.165, 1.54) is 5.56 Å². The number of para-hydroxylation sites is 1. The minimum absolute atomic E-state index is 0.122. The molecular weight excluding hydrogens is 380 g/mol. The molecular formula is C24H22N2O4. The molecule has 1 aliphatic carbocycles. The fourth-order valence-electron chi connectivity index (χ4n) is 4.54. The number of carboxylic acid groups (broad SMARTS) is 1. The number of benzene rings is 2. The molecule has 6 heteroatoms. The first kappa shape index (κ1) is 18.5. The third-order valence-corrected chi connectivity index (χ3v) is 6.09. The van der Waals surface area contributed by atoms with E-state index in [9.17, 15) is 15.1 Å². The molecule has 30 heavy (non-hydrogen) atoms. The Balaban J connectivity index is 1.42. The maximum atomic E-state index is 12.0. The van der Waals surface area contributed by atoms with Crippen LogP contribution in [0.5, 0.6) is 0 Å². The van der Waals surface area contributed by atoms with Gasteiger partial charge >= 0.3 is 5.97 Å². The average Bonchev–Trinajstić information content (AvgIpc) is 3.45. The largest absolute Gasteiger partial charge is 0.481 e. The number of aliphatic carboxylic acids is 1. The lowest BCUT2D eigenvalue weighted by Crippen LogP contribution is -2.21. The van der Waals surface area contributed by atoms with Gasteiger partial charge in [0.05, 0.1) is 11.6 Å². The molecule has 0 amide bonds. The summed E-state index contributed by atoms with van der Waals surface area (Å²) >= 11 is 0. The molecule has 5 rings (SSSR count). The zero-order valence-electron chi connectivity index (χ0n) is 16.4. The number of carboxylic acids is 1. The predicted molar refractivity (Wildman–Crippen MR) is 114 cm³/mol. The van der Waals surface area contributed by atoms with Gasteiger partial charge in [-0.05, 0) is 37.0 Å². The van der Waals surface area contributed by atoms with Crippen LogP contribution in [0.3, 0.4) is 0 Å². The molecule has 1 aliphatic rings. The van der Waals surface area contributed by atoms with Gasteiger partial charge in [0.15, 0.2) is 0 Å². The van der Waals surface area contributed by atoms with Crippen molar-refractivity contribution in [3.8, 4) is 0 Å². The summed E-state index contributed by atoms with van der Waals surface area (Å²) in [7, 11) is 0. The van der Waals surface area contributed by atoms with Gasteiger partial charge in [-0.15, -0.1) is 0 Å². The summed E-state index contributed by atoms with van der Waals surface area (Å²) in [5, 5.41) is 25.0. The van der Waals surface area contributed by atoms with Gasteiger partial charge in [-0.3, -0.25) is 4.79 Å². The number of fused-ring (bicyclic) bond motifs is 4. The standard InChI is InChI=1S/C24H22N2O4/c27-24(28)15(10-16-13-25-20-6-2-1-4-17(16)20)11-21(26-29)14-8-9-19-18-5-3-7-22(18)30-23(19)12-14/h1-2,4,6,8-9,12-13,15,25,29H,3,5,7,10-11H2,(H,27,28). The second-order valence-corrected chi connectivity index (χ2v) is 7.92. The van der Waals surface area contributed by atoms with Crippen molar-refractivity contribution in [2.75, 3.05) is 0 Å². The van der Waals surface area contributed by atoms with Gasteiger partial charge in [0, 0.05) is 46.5 Å². The van der Waals surface area contributed by atoms with Crippen LogP contribution in [0.1, 0.15) is 35.3 Å². The van der Waals surface area contributed by atoms with E-state index < -0.39 is 11.9 Å². The maximum Gasteiger partial charge on any atom is 0.307 e. The SMILES string of the molecule is O=C(O)C(CC(=NO)c1ccc2c3c(oc2c1)CCC3)Cc1c[nH]c2ccccc12. The molecule has 0 bridgehead atoms. The molecule has 0 saturated heterocycles. The molecule has 0 aliphatic heterocycles. The normalized spacial score (nSPS) is 15.0. The molecule has 152 valence electrons. The Labute approximate surface area is 172 Å². The smallest absolute Gasteiger partial charge is 0.307 e. The summed E-state index contributed by atoms with van der Waals surface area (Å²) in [5.74, 6) is -0.598. The molecule has 2 heterocycles. The van der Waals surface area contributed by atoms with Crippen LogP contribution >= 0.6 is 0 Å². The van der Waals surface area contributed by atoms with Crippen LogP contribution in [-0.4, -0.2) is 27.0 Å². The van der Waals surface area contributed by atoms with Crippen molar-refractivity contribution in [1.29, 1.82) is 0 Å². The predicted octanol–water partition coefficient (Wildman–Crippen LogP) is 4.91. The van der Waals surface area contributed by atoms with Gasteiger partial charge < -0.3 is 19.7 Å². The number of carbonyl (C=O) groups is 1. The van der Waals surface area contributed by atoms with Crippen LogP contribution in [0.2, 0.25) is 0 Å². The molecule has 4 aromatic rings. The van der Waals surface area contributed by atoms with E-state index in [4.69, 9.17) is 4.42 Å². The van der Waals surface area contributed by atoms with Crippen molar-refractivity contribution < 1.29 is 19.5 Å². The Morgan fingerprint density at radius 2 is 2.03 bits per heavy atom. The molecule has 0 saturated carbocycles. The molecule has 0 fully saturated rings. The van der Waals surface area contributed by atoms with Gasteiger partial charge in [-0.2, -0.15) is 0 Å². The van der Waals surface area contributed by atoms with Gasteiger partial charge in [0.1, 0.15) is 11.3 Å². The zero-order valence-corrected chi connectivity index (χ0v) is 16.4. The van der Waals surface area contributed by atoms with Crippen LogP contribution in [0, 0.1) is 5.92 Å². The summed E-state index contributed by atoms with van der Waals surface area (Å²) in [4.78, 5) is 15.2. The quantitative estimate of drug-likeness (QED) is 0.242. The third-order valence-electron chi connectivity index (χ3n) is 6.09. The minimum atomic E-state index is -0.917. The molecule has 1 unspecified atom stereocenters. The second-order valence-electron chi connectivity index (χ2n) is 7.92. The molecule has 6 nitrogen and oxygen atoms in total. The number of oxime groups is 1. The van der Waals surface area contributed by atoms with Crippen molar-refractivity contribution >= 4 is 33.6 Å². The molecule has 0 radical (unpaired) electrons. The van der Waals surface area contributed by atoms with E-state index >= 15 is 0 Å². The van der Waals surface area contributed by atoms with Crippen LogP contribution in [0.25, 0.3) is 21.9 Å². The first-order chi connectivity index (χ1) is 14.6. The second kappa shape index (κ2) is 7.37. The van der Waals surface area contributed by atoms with Gasteiger partial charge in [0.2, 0.25) is 0 Å². The van der Waals surface area contributed by atoms with Gasteiger partial charge in [-0.1, -0.05) is 35.5 Å². The van der Waals surface area contributed by atoms with Gasteiger partial charge in [-0.25, -0.2) is 0 Å². The van der Waals surface area contributed by atoms with E-state index in [0.29, 0.717) is 17.7 Å². The summed E-state index contributed by atoms with van der Waals surface area (Å²) in [6.07, 6.45) is 5.41. The monoisotopic (exact) mass is 402 g/mol. The summed E-state index contributed by atoms with van der Waals surface area (Å²) in [6.45, 7) is 0. The van der Waals surface area contributed by atoms with E-state index in [2.05, 4.69) is 10.1 Å². The number of hydrogen-bond acceptors (Lipinski definition) is 4. The summed E-state index contributed by atoms with van der Waals surface area (Å²) < 4.78 is 5.97. The Hall–Kier alpha value is -3.54. The summed E-state index contributed by atoms with van der Waals surface area (Å²) in [6, 6.07) is 13.5. The molecule has 3 N–H and O–H groups in total. The van der Waals surface area contributed by atoms with Crippen LogP contribution in [0.15, 0.2) is 58.2 Å². The first-order valence-corrected chi connectivity index (χ1v) is 10.2. The van der Waals surface area contributed by atoms with Crippen LogP contribution in [0.4, 0.5) is 0 Å². The Bertz CT molecular complexity index is 1280. The first-order valence-electron chi connectivity index (χ1n) is 10.2. The van der Waals surface area contributed by atoms with Gasteiger partial charge in [0.25, 0.3) is 0 Å². The lowest BCUT2D eigenvalue weighted by Gasteiger charge is -2.13. The molecule has 0 spiro atoms. The third kappa shape index (κ3) is 3.14. The zero-order chi connectivity index (χ0) is 20.7. The van der Waals surface area contributed by atoms with E-state index in [0.717, 1.165) is 52.5 Å². The van der Waals surface area contributed by atoms with E-state index in [-0.39, 0.29) is 6.42 Å². The molecule has 1 atom stereocenters. The number of aromatic nitrogens is 1. The molecule has 2 aromatic carbocycles. The number of hydrogen-bond donors (Lipinski definition) is 3. The number of nitrogens with zero attached hydrogens (tertiary/aromatic N) is 1. The number of aromatic amines is 1. The van der Waals surface area contributed by atoms with E-state index in [1.807, 2.05) is 48.7 Å². The molecule has 2 aromatic heterocycles. The van der Waals surface area contributed by atoms with Crippen molar-refractivity contribution in [2.45, 2.75) is 32.1 Å². The number of nitrogens with one attached hydrogen (secondary N) is 1. The van der Waals surface area contributed by atoms with Crippen LogP contribution < -0.4 is 0 Å². The average molecular weight is 402 g/mol. The lowest BCUT2D eigenvalue weighted by atomic mass is 9.91. The fraction of sp³-hybridized carbons (Fsp3) is 0.250. The highest BCUT2D eigenvalue weighted by molar-refractivity contribution is 6.04. The van der Waals surface area contributed by atoms with Crippen molar-refractivity contribution in [1.82, 2.24) is 4.98 Å². The highest BCUT2D eigenvalue weighted by Crippen LogP contribution is 2.33. The minimum Gasteiger partial charge on any atom is -0.481 e. The van der Waals surface area contributed by atoms with Crippen molar-refractivity contribution in [2.24, 2.45) is 11.1 Å². The number of furan rings is 1. The van der Waals surface area contributed by atoms with Crippen LogP contribution in [-0.2, 0) is 24.1 Å². The Morgan fingerprint density at radius 3 is 2.87 bits per heavy atom.